The van der Waals surface area contributed by atoms with Crippen molar-refractivity contribution < 1.29 is 17.9 Å². The van der Waals surface area contributed by atoms with Crippen molar-refractivity contribution in [2.24, 2.45) is 0 Å². The van der Waals surface area contributed by atoms with E-state index >= 15 is 0 Å². The van der Waals surface area contributed by atoms with Crippen LogP contribution in [0.4, 0.5) is 19.1 Å². The lowest BCUT2D eigenvalue weighted by molar-refractivity contribution is -0.137. The molecule has 1 aromatic carbocycles. The van der Waals surface area contributed by atoms with Crippen LogP contribution in [0.3, 0.4) is 0 Å². The number of aromatic nitrogens is 3. The Bertz CT molecular complexity index is 644. The van der Waals surface area contributed by atoms with E-state index in [1.807, 2.05) is 0 Å². The average Bonchev–Trinajstić information content (AvgIpc) is 2.36. The van der Waals surface area contributed by atoms with Gasteiger partial charge in [0.15, 0.2) is 5.82 Å². The Balaban J connectivity index is 2.55. The topological polar surface area (TPSA) is 73.9 Å². The number of alkyl halides is 3. The van der Waals surface area contributed by atoms with E-state index < -0.39 is 11.7 Å². The summed E-state index contributed by atoms with van der Waals surface area (Å²) in [7, 11) is 0. The predicted molar refractivity (Wildman–Crippen MR) is 70.4 cm³/mol. The molecule has 0 saturated heterocycles. The zero-order chi connectivity index (χ0) is 15.6. The van der Waals surface area contributed by atoms with E-state index in [-0.39, 0.29) is 29.5 Å². The number of anilines is 1. The highest BCUT2D eigenvalue weighted by molar-refractivity contribution is 5.62. The molecule has 0 radical (unpaired) electrons. The highest BCUT2D eigenvalue weighted by atomic mass is 19.4. The van der Waals surface area contributed by atoms with Gasteiger partial charge in [-0.05, 0) is 19.9 Å². The Hall–Kier alpha value is -2.38. The van der Waals surface area contributed by atoms with Gasteiger partial charge < -0.3 is 10.5 Å². The number of nitrogens with two attached hydrogens (primary N) is 1. The van der Waals surface area contributed by atoms with E-state index in [0.717, 1.165) is 6.07 Å². The van der Waals surface area contributed by atoms with E-state index in [1.165, 1.54) is 18.2 Å². The molecular formula is C13H13F3N4O. The summed E-state index contributed by atoms with van der Waals surface area (Å²) < 4.78 is 44.3. The number of nitrogens with zero attached hydrogens (tertiary/aromatic N) is 3. The monoisotopic (exact) mass is 298 g/mol. The molecule has 2 aromatic rings. The first-order valence-electron chi connectivity index (χ1n) is 6.12. The van der Waals surface area contributed by atoms with Gasteiger partial charge in [-0.15, -0.1) is 0 Å². The van der Waals surface area contributed by atoms with Crippen LogP contribution in [0.5, 0.6) is 6.01 Å². The number of halogens is 3. The first-order chi connectivity index (χ1) is 9.77. The molecule has 1 aromatic heterocycles. The molecule has 2 N–H and O–H groups in total. The maximum absolute atomic E-state index is 13.0. The normalized spacial score (nSPS) is 11.7. The molecule has 0 bridgehead atoms. The van der Waals surface area contributed by atoms with Gasteiger partial charge in [0.2, 0.25) is 5.95 Å². The predicted octanol–water partition coefficient (Wildman–Crippen LogP) is 2.93. The Morgan fingerprint density at radius 2 is 1.76 bits per heavy atom. The molecule has 112 valence electrons. The summed E-state index contributed by atoms with van der Waals surface area (Å²) in [4.78, 5) is 11.4. The second-order valence-electron chi connectivity index (χ2n) is 4.51. The Morgan fingerprint density at radius 3 is 2.38 bits per heavy atom. The Labute approximate surface area is 119 Å². The van der Waals surface area contributed by atoms with Crippen molar-refractivity contribution in [2.45, 2.75) is 26.1 Å². The van der Waals surface area contributed by atoms with E-state index in [9.17, 15) is 13.2 Å². The molecule has 2 rings (SSSR count). The zero-order valence-electron chi connectivity index (χ0n) is 11.3. The van der Waals surface area contributed by atoms with Crippen molar-refractivity contribution >= 4 is 5.95 Å². The smallest absolute Gasteiger partial charge is 0.417 e. The van der Waals surface area contributed by atoms with Gasteiger partial charge >= 0.3 is 12.2 Å². The third kappa shape index (κ3) is 3.59. The number of benzene rings is 1. The molecule has 5 nitrogen and oxygen atoms in total. The van der Waals surface area contributed by atoms with Gasteiger partial charge in [-0.2, -0.15) is 28.1 Å². The van der Waals surface area contributed by atoms with Gasteiger partial charge in [0.25, 0.3) is 0 Å². The van der Waals surface area contributed by atoms with Gasteiger partial charge in [0.05, 0.1) is 11.7 Å². The van der Waals surface area contributed by atoms with Crippen molar-refractivity contribution in [1.29, 1.82) is 0 Å². The van der Waals surface area contributed by atoms with E-state index in [2.05, 4.69) is 15.0 Å². The minimum absolute atomic E-state index is 0.107. The fourth-order valence-corrected chi connectivity index (χ4v) is 1.68. The lowest BCUT2D eigenvalue weighted by Crippen LogP contribution is -2.12. The average molecular weight is 298 g/mol. The minimum atomic E-state index is -4.52. The molecule has 0 unspecified atom stereocenters. The Kier molecular flexibility index (Phi) is 3.97. The molecule has 0 amide bonds. The Morgan fingerprint density at radius 1 is 1.10 bits per heavy atom. The van der Waals surface area contributed by atoms with Crippen molar-refractivity contribution in [3.63, 3.8) is 0 Å². The van der Waals surface area contributed by atoms with Crippen LogP contribution in [0.2, 0.25) is 0 Å². The van der Waals surface area contributed by atoms with Crippen molar-refractivity contribution in [3.05, 3.63) is 29.8 Å². The second-order valence-corrected chi connectivity index (χ2v) is 4.51. The summed E-state index contributed by atoms with van der Waals surface area (Å²) in [5.41, 5.74) is 4.49. The van der Waals surface area contributed by atoms with Crippen LogP contribution >= 0.6 is 0 Å². The van der Waals surface area contributed by atoms with Crippen molar-refractivity contribution in [3.8, 4) is 17.4 Å². The molecule has 0 fully saturated rings. The van der Waals surface area contributed by atoms with E-state index in [4.69, 9.17) is 10.5 Å². The highest BCUT2D eigenvalue weighted by Crippen LogP contribution is 2.36. The molecule has 0 atom stereocenters. The third-order valence-corrected chi connectivity index (χ3v) is 2.45. The number of hydrogen-bond donors (Lipinski definition) is 1. The zero-order valence-corrected chi connectivity index (χ0v) is 11.3. The van der Waals surface area contributed by atoms with Crippen LogP contribution in [0.1, 0.15) is 19.4 Å². The molecule has 0 aliphatic carbocycles. The van der Waals surface area contributed by atoms with Crippen LogP contribution in [-0.4, -0.2) is 21.1 Å². The number of rotatable bonds is 3. The van der Waals surface area contributed by atoms with E-state index in [0.29, 0.717) is 0 Å². The van der Waals surface area contributed by atoms with Gasteiger partial charge in [0.1, 0.15) is 0 Å². The summed E-state index contributed by atoms with van der Waals surface area (Å²) >= 11 is 0. The number of ether oxygens (including phenoxy) is 1. The SMILES string of the molecule is CC(C)Oc1nc(N)nc(-c2ccccc2C(F)(F)F)n1. The molecule has 0 spiro atoms. The molecule has 8 heteroatoms. The fraction of sp³-hybridized carbons (Fsp3) is 0.308. The van der Waals surface area contributed by atoms with Crippen LogP contribution in [0.25, 0.3) is 11.4 Å². The third-order valence-electron chi connectivity index (χ3n) is 2.45. The second kappa shape index (κ2) is 5.55. The standard InChI is InChI=1S/C13H13F3N4O/c1-7(2)21-12-19-10(18-11(17)20-12)8-5-3-4-6-9(8)13(14,15)16/h3-7H,1-2H3,(H2,17,18,19,20). The van der Waals surface area contributed by atoms with Crippen LogP contribution in [-0.2, 0) is 6.18 Å². The highest BCUT2D eigenvalue weighted by Gasteiger charge is 2.34. The first kappa shape index (κ1) is 15.0. The molecule has 0 saturated carbocycles. The van der Waals surface area contributed by atoms with Crippen LogP contribution in [0, 0.1) is 0 Å². The van der Waals surface area contributed by atoms with Crippen molar-refractivity contribution in [1.82, 2.24) is 15.0 Å². The largest absolute Gasteiger partial charge is 0.461 e. The number of nitrogen functional groups attached to an aromatic ring is 1. The summed E-state index contributed by atoms with van der Waals surface area (Å²) in [5.74, 6) is -0.376. The molecule has 0 aliphatic rings. The van der Waals surface area contributed by atoms with E-state index in [1.54, 1.807) is 13.8 Å². The number of hydrogen-bond acceptors (Lipinski definition) is 5. The summed E-state index contributed by atoms with van der Waals surface area (Å²) in [5, 5.41) is 0. The minimum Gasteiger partial charge on any atom is -0.461 e. The molecule has 1 heterocycles. The molecule has 21 heavy (non-hydrogen) atoms. The summed E-state index contributed by atoms with van der Waals surface area (Å²) in [6, 6.07) is 4.88. The van der Waals surface area contributed by atoms with Crippen LogP contribution in [0.15, 0.2) is 24.3 Å². The fourth-order valence-electron chi connectivity index (χ4n) is 1.68. The first-order valence-corrected chi connectivity index (χ1v) is 6.12. The quantitative estimate of drug-likeness (QED) is 0.943. The van der Waals surface area contributed by atoms with Gasteiger partial charge in [-0.3, -0.25) is 0 Å². The molecule has 0 aliphatic heterocycles. The lowest BCUT2D eigenvalue weighted by Gasteiger charge is -2.13. The van der Waals surface area contributed by atoms with Crippen molar-refractivity contribution in [2.75, 3.05) is 5.73 Å². The van der Waals surface area contributed by atoms with Gasteiger partial charge in [-0.25, -0.2) is 0 Å². The summed E-state index contributed by atoms with van der Waals surface area (Å²) in [6.07, 6.45) is -4.76. The maximum Gasteiger partial charge on any atom is 0.417 e. The maximum atomic E-state index is 13.0. The summed E-state index contributed by atoms with van der Waals surface area (Å²) in [6.45, 7) is 3.48. The van der Waals surface area contributed by atoms with Gasteiger partial charge in [-0.1, -0.05) is 18.2 Å². The van der Waals surface area contributed by atoms with Crippen LogP contribution < -0.4 is 10.5 Å². The lowest BCUT2D eigenvalue weighted by atomic mass is 10.1. The van der Waals surface area contributed by atoms with Gasteiger partial charge in [0, 0.05) is 5.56 Å². The molecular weight excluding hydrogens is 285 g/mol.